The van der Waals surface area contributed by atoms with E-state index in [1.54, 1.807) is 24.3 Å². The average molecular weight is 360 g/mol. The number of quaternary nitrogens is 1. The minimum atomic E-state index is -0.487. The molecule has 4 N–H and O–H groups in total. The third-order valence-electron chi connectivity index (χ3n) is 4.26. The van der Waals surface area contributed by atoms with E-state index < -0.39 is 5.91 Å². The van der Waals surface area contributed by atoms with Crippen molar-refractivity contribution in [3.63, 3.8) is 0 Å². The number of hydrogen-bond acceptors (Lipinski definition) is 4. The van der Waals surface area contributed by atoms with Crippen molar-refractivity contribution in [2.45, 2.75) is 19.9 Å². The maximum Gasteiger partial charge on any atom is 0.256 e. The van der Waals surface area contributed by atoms with E-state index in [0.29, 0.717) is 22.7 Å². The topological polar surface area (TPSA) is 85.9 Å². The molecule has 2 amide bonds. The molecule has 0 fully saturated rings. The van der Waals surface area contributed by atoms with Crippen molar-refractivity contribution in [1.82, 2.24) is 0 Å². The Kier molecular flexibility index (Phi) is 5.06. The van der Waals surface area contributed by atoms with E-state index in [4.69, 9.17) is 10.5 Å². The quantitative estimate of drug-likeness (QED) is 0.745. The zero-order valence-electron chi connectivity index (χ0n) is 14.3. The van der Waals surface area contributed by atoms with E-state index >= 15 is 0 Å². The number of carbonyl (C=O) groups is 2. The van der Waals surface area contributed by atoms with Gasteiger partial charge in [0.25, 0.3) is 11.8 Å². The fraction of sp³-hybridized carbons (Fsp3) is 0.333. The number of anilines is 1. The first kappa shape index (κ1) is 17.4. The van der Waals surface area contributed by atoms with Crippen LogP contribution in [0.15, 0.2) is 24.3 Å². The van der Waals surface area contributed by atoms with Crippen LogP contribution in [-0.4, -0.2) is 32.0 Å². The number of ether oxygens (including phenoxy) is 1. The molecule has 0 spiro atoms. The van der Waals surface area contributed by atoms with Gasteiger partial charge in [-0.25, -0.2) is 0 Å². The molecule has 1 aromatic carbocycles. The summed E-state index contributed by atoms with van der Waals surface area (Å²) in [6.45, 7) is 4.28. The zero-order valence-corrected chi connectivity index (χ0v) is 15.2. The second-order valence-electron chi connectivity index (χ2n) is 6.12. The molecule has 0 aliphatic carbocycles. The highest BCUT2D eigenvalue weighted by molar-refractivity contribution is 7.17. The number of rotatable bonds is 5. The van der Waals surface area contributed by atoms with Gasteiger partial charge in [-0.15, -0.1) is 11.3 Å². The molecular formula is C18H22N3O3S+. The summed E-state index contributed by atoms with van der Waals surface area (Å²) < 4.78 is 5.38. The normalized spacial score (nSPS) is 16.2. The molecule has 1 aromatic heterocycles. The number of benzene rings is 1. The molecule has 2 aromatic rings. The highest BCUT2D eigenvalue weighted by Crippen LogP contribution is 2.34. The lowest BCUT2D eigenvalue weighted by Gasteiger charge is -2.19. The highest BCUT2D eigenvalue weighted by atomic mass is 32.1. The van der Waals surface area contributed by atoms with Gasteiger partial charge in [-0.3, -0.25) is 9.59 Å². The smallest absolute Gasteiger partial charge is 0.256 e. The van der Waals surface area contributed by atoms with Crippen molar-refractivity contribution in [3.8, 4) is 5.75 Å². The highest BCUT2D eigenvalue weighted by Gasteiger charge is 2.28. The van der Waals surface area contributed by atoms with Gasteiger partial charge in [0.2, 0.25) is 0 Å². The Labute approximate surface area is 150 Å². The molecule has 1 aliphatic heterocycles. The van der Waals surface area contributed by atoms with Crippen LogP contribution in [0.25, 0.3) is 0 Å². The molecule has 1 aliphatic rings. The Bertz CT molecular complexity index is 799. The van der Waals surface area contributed by atoms with E-state index in [9.17, 15) is 9.59 Å². The SMILES string of the molecule is CCOc1ccc(C(=O)Nc2sc3c(c2C(N)=O)CC[NH+](C)C3)cc1. The van der Waals surface area contributed by atoms with Gasteiger partial charge in [-0.05, 0) is 36.8 Å². The molecule has 0 bridgehead atoms. The second kappa shape index (κ2) is 7.25. The summed E-state index contributed by atoms with van der Waals surface area (Å²) in [5, 5.41) is 3.41. The number of primary amides is 1. The molecule has 25 heavy (non-hydrogen) atoms. The summed E-state index contributed by atoms with van der Waals surface area (Å²) in [7, 11) is 2.12. The van der Waals surface area contributed by atoms with Crippen molar-refractivity contribution in [1.29, 1.82) is 0 Å². The molecule has 6 nitrogen and oxygen atoms in total. The molecule has 1 atom stereocenters. The van der Waals surface area contributed by atoms with Gasteiger partial charge in [0.1, 0.15) is 17.3 Å². The molecule has 0 saturated heterocycles. The lowest BCUT2D eigenvalue weighted by atomic mass is 10.0. The minimum Gasteiger partial charge on any atom is -0.494 e. The summed E-state index contributed by atoms with van der Waals surface area (Å²) in [4.78, 5) is 27.0. The van der Waals surface area contributed by atoms with Crippen LogP contribution < -0.4 is 20.7 Å². The Morgan fingerprint density at radius 1 is 1.32 bits per heavy atom. The Morgan fingerprint density at radius 2 is 2.04 bits per heavy atom. The number of nitrogens with two attached hydrogens (primary N) is 1. The van der Waals surface area contributed by atoms with Crippen LogP contribution in [0.4, 0.5) is 5.00 Å². The maximum absolute atomic E-state index is 12.5. The van der Waals surface area contributed by atoms with Gasteiger partial charge in [-0.1, -0.05) is 0 Å². The van der Waals surface area contributed by atoms with Gasteiger partial charge >= 0.3 is 0 Å². The number of fused-ring (bicyclic) bond motifs is 1. The van der Waals surface area contributed by atoms with Crippen molar-refractivity contribution >= 4 is 28.2 Å². The van der Waals surface area contributed by atoms with E-state index in [0.717, 1.165) is 35.7 Å². The van der Waals surface area contributed by atoms with Crippen LogP contribution in [0.2, 0.25) is 0 Å². The van der Waals surface area contributed by atoms with Gasteiger partial charge in [-0.2, -0.15) is 0 Å². The molecule has 7 heteroatoms. The first-order chi connectivity index (χ1) is 12.0. The summed E-state index contributed by atoms with van der Waals surface area (Å²) in [6.07, 6.45) is 0.800. The number of amides is 2. The number of thiophene rings is 1. The third kappa shape index (κ3) is 3.67. The van der Waals surface area contributed by atoms with Crippen LogP contribution in [0.3, 0.4) is 0 Å². The molecule has 0 radical (unpaired) electrons. The van der Waals surface area contributed by atoms with E-state index in [1.165, 1.54) is 16.2 Å². The summed E-state index contributed by atoms with van der Waals surface area (Å²) in [5.74, 6) is -0.0293. The summed E-state index contributed by atoms with van der Waals surface area (Å²) in [6, 6.07) is 6.92. The second-order valence-corrected chi connectivity index (χ2v) is 7.22. The lowest BCUT2D eigenvalue weighted by molar-refractivity contribution is -0.895. The van der Waals surface area contributed by atoms with Gasteiger partial charge in [0.05, 0.1) is 30.6 Å². The van der Waals surface area contributed by atoms with E-state index in [-0.39, 0.29) is 5.91 Å². The van der Waals surface area contributed by atoms with Gasteiger partial charge in [0.15, 0.2) is 0 Å². The number of nitrogens with one attached hydrogen (secondary N) is 2. The molecule has 132 valence electrons. The number of hydrogen-bond donors (Lipinski definition) is 3. The summed E-state index contributed by atoms with van der Waals surface area (Å²) >= 11 is 1.45. The standard InChI is InChI=1S/C18H21N3O3S/c1-3-24-12-6-4-11(5-7-12)17(23)20-18-15(16(19)22)13-8-9-21(2)10-14(13)25-18/h4-7H,3,8-10H2,1-2H3,(H2,19,22)(H,20,23)/p+1. The van der Waals surface area contributed by atoms with Crippen LogP contribution in [0.1, 0.15) is 38.1 Å². The molecule has 1 unspecified atom stereocenters. The molecule has 2 heterocycles. The first-order valence-corrected chi connectivity index (χ1v) is 9.11. The largest absolute Gasteiger partial charge is 0.494 e. The van der Waals surface area contributed by atoms with Crippen molar-refractivity contribution in [3.05, 3.63) is 45.8 Å². The van der Waals surface area contributed by atoms with Crippen molar-refractivity contribution in [2.24, 2.45) is 5.73 Å². The maximum atomic E-state index is 12.5. The molecule has 3 rings (SSSR count). The monoisotopic (exact) mass is 360 g/mol. The lowest BCUT2D eigenvalue weighted by Crippen LogP contribution is -3.08. The van der Waals surface area contributed by atoms with Crippen LogP contribution in [0.5, 0.6) is 5.75 Å². The number of likely N-dealkylation sites (N-methyl/N-ethyl adjacent to an activating group) is 1. The minimum absolute atomic E-state index is 0.259. The van der Waals surface area contributed by atoms with Crippen molar-refractivity contribution < 1.29 is 19.2 Å². The van der Waals surface area contributed by atoms with E-state index in [1.807, 2.05) is 6.92 Å². The van der Waals surface area contributed by atoms with Crippen LogP contribution >= 0.6 is 11.3 Å². The van der Waals surface area contributed by atoms with Gasteiger partial charge in [0, 0.05) is 12.0 Å². The molecular weight excluding hydrogens is 338 g/mol. The van der Waals surface area contributed by atoms with Crippen molar-refractivity contribution in [2.75, 3.05) is 25.5 Å². The predicted molar refractivity (Wildman–Crippen MR) is 97.6 cm³/mol. The van der Waals surface area contributed by atoms with Crippen LogP contribution in [-0.2, 0) is 13.0 Å². The third-order valence-corrected chi connectivity index (χ3v) is 5.40. The first-order valence-electron chi connectivity index (χ1n) is 8.29. The predicted octanol–water partition coefficient (Wildman–Crippen LogP) is 1.07. The Balaban J connectivity index is 1.84. The van der Waals surface area contributed by atoms with Gasteiger partial charge < -0.3 is 20.7 Å². The fourth-order valence-electron chi connectivity index (χ4n) is 3.01. The Hall–Kier alpha value is -2.38. The van der Waals surface area contributed by atoms with E-state index in [2.05, 4.69) is 12.4 Å². The summed E-state index contributed by atoms with van der Waals surface area (Å²) in [5.41, 5.74) is 7.54. The Morgan fingerprint density at radius 3 is 2.68 bits per heavy atom. The fourth-order valence-corrected chi connectivity index (χ4v) is 4.38. The zero-order chi connectivity index (χ0) is 18.0. The average Bonchev–Trinajstić information content (AvgIpc) is 2.92. The van der Waals surface area contributed by atoms with Crippen LogP contribution in [0, 0.1) is 0 Å². The molecule has 0 saturated carbocycles. The number of carbonyl (C=O) groups excluding carboxylic acids is 2.